The minimum absolute atomic E-state index is 0.108. The van der Waals surface area contributed by atoms with Gasteiger partial charge in [-0.15, -0.1) is 0 Å². The first-order valence-corrected chi connectivity index (χ1v) is 16.1. The van der Waals surface area contributed by atoms with Crippen molar-refractivity contribution in [3.05, 3.63) is 42.0 Å². The standard InChI is InChI=1S/C34H37FN6O3/c1-2-19-5-3-6-20-11-23(42)12-24(29(19)20)26-13-27-30-31(41-16-22-7-8-25(36-22)28(41)17-43-32(30)37-26)39-33(38-27)44-18-34-9-4-10-40(34)15-21(35)14-34/h3,5-6,11-13,21-22,25,28,36,42H,2,4,7-10,14-18H2,1H3/t21-,22-,25+,28+,34-/m0/s1. The lowest BCUT2D eigenvalue weighted by Gasteiger charge is -2.40. The lowest BCUT2D eigenvalue weighted by molar-refractivity contribution is 0.107. The Labute approximate surface area is 255 Å². The molecule has 228 valence electrons. The molecule has 2 aromatic heterocycles. The van der Waals surface area contributed by atoms with E-state index < -0.39 is 6.17 Å². The Morgan fingerprint density at radius 1 is 1.14 bits per heavy atom. The van der Waals surface area contributed by atoms with Crippen LogP contribution in [-0.2, 0) is 6.42 Å². The quantitative estimate of drug-likeness (QED) is 0.338. The second-order valence-electron chi connectivity index (χ2n) is 13.3. The van der Waals surface area contributed by atoms with Crippen molar-refractivity contribution in [2.24, 2.45) is 0 Å². The Bertz CT molecular complexity index is 1800. The number of piperazine rings is 1. The van der Waals surface area contributed by atoms with Gasteiger partial charge in [0.2, 0.25) is 5.88 Å². The summed E-state index contributed by atoms with van der Waals surface area (Å²) in [5, 5.41) is 17.3. The summed E-state index contributed by atoms with van der Waals surface area (Å²) < 4.78 is 27.5. The molecular weight excluding hydrogens is 559 g/mol. The number of anilines is 1. The molecule has 44 heavy (non-hydrogen) atoms. The molecule has 7 heterocycles. The maximum absolute atomic E-state index is 14.5. The van der Waals surface area contributed by atoms with Crippen LogP contribution in [0.2, 0.25) is 0 Å². The summed E-state index contributed by atoms with van der Waals surface area (Å²) in [6, 6.07) is 12.9. The molecule has 4 aromatic rings. The van der Waals surface area contributed by atoms with Crippen molar-refractivity contribution < 1.29 is 19.0 Å². The third-order valence-corrected chi connectivity index (χ3v) is 10.8. The maximum Gasteiger partial charge on any atom is 0.319 e. The molecular formula is C34H37FN6O3. The predicted octanol–water partition coefficient (Wildman–Crippen LogP) is 4.77. The number of alkyl halides is 1. The molecule has 0 unspecified atom stereocenters. The van der Waals surface area contributed by atoms with Gasteiger partial charge in [-0.1, -0.05) is 25.1 Å². The number of phenolic OH excluding ortho intramolecular Hbond substituents is 1. The summed E-state index contributed by atoms with van der Waals surface area (Å²) in [5.41, 5.74) is 3.10. The van der Waals surface area contributed by atoms with Gasteiger partial charge in [0.25, 0.3) is 0 Å². The zero-order valence-electron chi connectivity index (χ0n) is 24.9. The fourth-order valence-electron chi connectivity index (χ4n) is 8.73. The number of nitrogens with one attached hydrogen (secondary N) is 1. The van der Waals surface area contributed by atoms with Gasteiger partial charge in [0.15, 0.2) is 0 Å². The van der Waals surface area contributed by atoms with Crippen LogP contribution in [0.4, 0.5) is 10.2 Å². The van der Waals surface area contributed by atoms with Gasteiger partial charge in [0.05, 0.1) is 22.8 Å². The van der Waals surface area contributed by atoms with E-state index in [4.69, 9.17) is 24.4 Å². The summed E-state index contributed by atoms with van der Waals surface area (Å²) >= 11 is 0. The van der Waals surface area contributed by atoms with Crippen LogP contribution >= 0.6 is 0 Å². The molecule has 5 atom stereocenters. The molecule has 5 aliphatic heterocycles. The number of benzene rings is 2. The number of aromatic hydroxyl groups is 1. The number of rotatable bonds is 5. The number of hydrogen-bond donors (Lipinski definition) is 2. The highest BCUT2D eigenvalue weighted by molar-refractivity contribution is 6.02. The highest BCUT2D eigenvalue weighted by Crippen LogP contribution is 2.44. The molecule has 4 saturated heterocycles. The van der Waals surface area contributed by atoms with Crippen molar-refractivity contribution in [3.63, 3.8) is 0 Å². The van der Waals surface area contributed by atoms with E-state index in [0.29, 0.717) is 61.4 Å². The van der Waals surface area contributed by atoms with Crippen LogP contribution in [0.25, 0.3) is 32.9 Å². The largest absolute Gasteiger partial charge is 0.508 e. The molecule has 5 aliphatic rings. The van der Waals surface area contributed by atoms with Crippen LogP contribution in [0.1, 0.15) is 44.6 Å². The zero-order valence-corrected chi connectivity index (χ0v) is 24.9. The van der Waals surface area contributed by atoms with Gasteiger partial charge >= 0.3 is 6.01 Å². The number of fused-ring (bicyclic) bond motifs is 7. The Balaban J connectivity index is 1.21. The monoisotopic (exact) mass is 596 g/mol. The lowest BCUT2D eigenvalue weighted by atomic mass is 9.95. The number of hydrogen-bond acceptors (Lipinski definition) is 9. The van der Waals surface area contributed by atoms with E-state index in [9.17, 15) is 9.50 Å². The van der Waals surface area contributed by atoms with Gasteiger partial charge in [-0.2, -0.15) is 9.97 Å². The van der Waals surface area contributed by atoms with Crippen LogP contribution < -0.4 is 19.7 Å². The SMILES string of the molecule is CCc1cccc2cc(O)cc(-c3cc4nc(OC[C@@]56CCCN5C[C@@H](F)C6)nc5c4c(n3)OC[C@@H]3[C@H]4CC[C@@H](CN53)N4)c12. The number of nitrogens with zero attached hydrogens (tertiary/aromatic N) is 5. The molecule has 0 aliphatic carbocycles. The summed E-state index contributed by atoms with van der Waals surface area (Å²) in [7, 11) is 0. The van der Waals surface area contributed by atoms with Crippen LogP contribution in [0.15, 0.2) is 36.4 Å². The van der Waals surface area contributed by atoms with Gasteiger partial charge in [0, 0.05) is 37.2 Å². The van der Waals surface area contributed by atoms with Crippen LogP contribution in [0.3, 0.4) is 0 Å². The molecule has 0 amide bonds. The van der Waals surface area contributed by atoms with E-state index in [-0.39, 0.29) is 17.3 Å². The predicted molar refractivity (Wildman–Crippen MR) is 166 cm³/mol. The summed E-state index contributed by atoms with van der Waals surface area (Å²) in [4.78, 5) is 19.7. The topological polar surface area (TPSA) is 95.9 Å². The smallest absolute Gasteiger partial charge is 0.319 e. The first kappa shape index (κ1) is 26.6. The van der Waals surface area contributed by atoms with E-state index in [2.05, 4.69) is 28.1 Å². The first-order valence-electron chi connectivity index (χ1n) is 16.1. The van der Waals surface area contributed by atoms with Gasteiger partial charge in [-0.3, -0.25) is 4.90 Å². The first-order chi connectivity index (χ1) is 21.5. The van der Waals surface area contributed by atoms with Gasteiger partial charge < -0.3 is 24.8 Å². The third-order valence-electron chi connectivity index (χ3n) is 10.8. The second kappa shape index (κ2) is 9.87. The lowest BCUT2D eigenvalue weighted by Crippen LogP contribution is -2.60. The molecule has 9 rings (SSSR count). The Morgan fingerprint density at radius 2 is 2.07 bits per heavy atom. The molecule has 0 saturated carbocycles. The normalized spacial score (nSPS) is 29.1. The molecule has 4 fully saturated rings. The molecule has 2 N–H and O–H groups in total. The average Bonchev–Trinajstić information content (AvgIpc) is 3.66. The van der Waals surface area contributed by atoms with Gasteiger partial charge in [-0.25, -0.2) is 9.37 Å². The Kier molecular flexibility index (Phi) is 5.97. The number of aryl methyl sites for hydroxylation is 1. The minimum Gasteiger partial charge on any atom is -0.508 e. The van der Waals surface area contributed by atoms with Gasteiger partial charge in [-0.05, 0) is 73.2 Å². The minimum atomic E-state index is -0.823. The molecule has 2 aromatic carbocycles. The van der Waals surface area contributed by atoms with Crippen molar-refractivity contribution in [3.8, 4) is 28.9 Å². The van der Waals surface area contributed by atoms with E-state index in [1.807, 2.05) is 18.2 Å². The fraction of sp³-hybridized carbons (Fsp3) is 0.500. The second-order valence-corrected chi connectivity index (χ2v) is 13.3. The highest BCUT2D eigenvalue weighted by Gasteiger charge is 2.50. The van der Waals surface area contributed by atoms with E-state index >= 15 is 0 Å². The van der Waals surface area contributed by atoms with E-state index in [0.717, 1.165) is 72.7 Å². The van der Waals surface area contributed by atoms with Crippen molar-refractivity contribution in [2.45, 2.75) is 75.3 Å². The number of pyridine rings is 1. The van der Waals surface area contributed by atoms with E-state index in [1.165, 1.54) is 5.56 Å². The van der Waals surface area contributed by atoms with Gasteiger partial charge in [0.1, 0.15) is 36.3 Å². The molecule has 9 nitrogen and oxygen atoms in total. The highest BCUT2D eigenvalue weighted by atomic mass is 19.1. The van der Waals surface area contributed by atoms with Crippen LogP contribution in [0, 0.1) is 0 Å². The summed E-state index contributed by atoms with van der Waals surface area (Å²) in [6.45, 7) is 5.21. The van der Waals surface area contributed by atoms with Crippen molar-refractivity contribution in [1.29, 1.82) is 0 Å². The summed E-state index contributed by atoms with van der Waals surface area (Å²) in [5.74, 6) is 1.49. The number of phenols is 1. The zero-order chi connectivity index (χ0) is 29.6. The molecule has 0 spiro atoms. The average molecular weight is 597 g/mol. The Hall–Kier alpha value is -3.76. The van der Waals surface area contributed by atoms with Crippen molar-refractivity contribution in [2.75, 3.05) is 37.7 Å². The fourth-order valence-corrected chi connectivity index (χ4v) is 8.73. The van der Waals surface area contributed by atoms with Crippen LogP contribution in [0.5, 0.6) is 17.6 Å². The summed E-state index contributed by atoms with van der Waals surface area (Å²) in [6.07, 6.45) is 4.73. The van der Waals surface area contributed by atoms with Crippen molar-refractivity contribution in [1.82, 2.24) is 25.2 Å². The Morgan fingerprint density at radius 3 is 2.98 bits per heavy atom. The van der Waals surface area contributed by atoms with Crippen molar-refractivity contribution >= 4 is 27.5 Å². The number of ether oxygens (including phenoxy) is 2. The number of halogens is 1. The number of aromatic nitrogens is 3. The van der Waals surface area contributed by atoms with E-state index in [1.54, 1.807) is 12.1 Å². The molecule has 0 radical (unpaired) electrons. The molecule has 2 bridgehead atoms. The maximum atomic E-state index is 14.5. The third kappa shape index (κ3) is 4.06. The van der Waals surface area contributed by atoms with Crippen LogP contribution in [-0.4, -0.2) is 87.6 Å². The molecule has 10 heteroatoms.